The van der Waals surface area contributed by atoms with Gasteiger partial charge in [-0.3, -0.25) is 4.79 Å². The molecule has 0 atom stereocenters. The maximum Gasteiger partial charge on any atom is 0.347 e. The molecule has 2 aromatic carbocycles. The monoisotopic (exact) mass is 328 g/mol. The van der Waals surface area contributed by atoms with Crippen molar-refractivity contribution in [2.75, 3.05) is 0 Å². The van der Waals surface area contributed by atoms with Crippen LogP contribution in [-0.2, 0) is 6.61 Å². The first-order valence-corrected chi connectivity index (χ1v) is 7.37. The van der Waals surface area contributed by atoms with Crippen LogP contribution in [0, 0.1) is 0 Å². The van der Waals surface area contributed by atoms with Gasteiger partial charge in [-0.1, -0.05) is 29.8 Å². The van der Waals surface area contributed by atoms with Gasteiger partial charge in [0.05, 0.1) is 0 Å². The van der Waals surface area contributed by atoms with Crippen molar-refractivity contribution >= 4 is 28.4 Å². The minimum atomic E-state index is -0.645. The lowest BCUT2D eigenvalue weighted by molar-refractivity contribution is 0.101. The molecule has 3 aromatic rings. The van der Waals surface area contributed by atoms with E-state index in [4.69, 9.17) is 20.8 Å². The topological polar surface area (TPSA) is 56.5 Å². The lowest BCUT2D eigenvalue weighted by atomic mass is 10.1. The van der Waals surface area contributed by atoms with Crippen LogP contribution in [0.25, 0.3) is 11.0 Å². The van der Waals surface area contributed by atoms with Crippen molar-refractivity contribution in [1.29, 1.82) is 0 Å². The van der Waals surface area contributed by atoms with E-state index in [9.17, 15) is 9.59 Å². The van der Waals surface area contributed by atoms with Crippen molar-refractivity contribution in [3.8, 4) is 5.75 Å². The summed E-state index contributed by atoms with van der Waals surface area (Å²) >= 11 is 6.08. The van der Waals surface area contributed by atoms with Gasteiger partial charge in [0.1, 0.15) is 23.5 Å². The van der Waals surface area contributed by atoms with Gasteiger partial charge in [-0.05, 0) is 31.2 Å². The van der Waals surface area contributed by atoms with Crippen molar-refractivity contribution < 1.29 is 13.9 Å². The van der Waals surface area contributed by atoms with Crippen LogP contribution in [0.4, 0.5) is 0 Å². The summed E-state index contributed by atoms with van der Waals surface area (Å²) in [6, 6.07) is 14.1. The molecule has 0 bridgehead atoms. The average molecular weight is 329 g/mol. The second-order valence-corrected chi connectivity index (χ2v) is 5.49. The molecule has 0 saturated heterocycles. The molecule has 0 amide bonds. The summed E-state index contributed by atoms with van der Waals surface area (Å²) in [7, 11) is 0. The van der Waals surface area contributed by atoms with Gasteiger partial charge in [0, 0.05) is 22.0 Å². The fourth-order valence-electron chi connectivity index (χ4n) is 2.20. The number of hydrogen-bond acceptors (Lipinski definition) is 4. The van der Waals surface area contributed by atoms with E-state index in [1.807, 2.05) is 18.2 Å². The van der Waals surface area contributed by atoms with E-state index >= 15 is 0 Å². The molecule has 3 rings (SSSR count). The number of hydrogen-bond donors (Lipinski definition) is 0. The van der Waals surface area contributed by atoms with Crippen LogP contribution in [0.3, 0.4) is 0 Å². The fourth-order valence-corrected chi connectivity index (χ4v) is 2.39. The molecule has 0 saturated carbocycles. The number of ketones is 1. The number of carbonyl (C=O) groups is 1. The van der Waals surface area contributed by atoms with E-state index in [2.05, 4.69) is 0 Å². The molecule has 0 aliphatic carbocycles. The first kappa shape index (κ1) is 15.3. The summed E-state index contributed by atoms with van der Waals surface area (Å²) in [5.41, 5.74) is 0.634. The number of ether oxygens (including phenoxy) is 1. The zero-order chi connectivity index (χ0) is 16.4. The van der Waals surface area contributed by atoms with Crippen molar-refractivity contribution in [3.63, 3.8) is 0 Å². The van der Waals surface area contributed by atoms with Crippen molar-refractivity contribution in [2.45, 2.75) is 13.5 Å². The maximum absolute atomic E-state index is 11.8. The summed E-state index contributed by atoms with van der Waals surface area (Å²) in [4.78, 5) is 23.1. The molecule has 5 heteroatoms. The number of halogens is 1. The molecule has 0 aliphatic heterocycles. The molecule has 0 unspecified atom stereocenters. The zero-order valence-electron chi connectivity index (χ0n) is 12.3. The Labute approximate surface area is 137 Å². The third kappa shape index (κ3) is 3.27. The highest BCUT2D eigenvalue weighted by molar-refractivity contribution is 6.31. The second-order valence-electron chi connectivity index (χ2n) is 5.08. The van der Waals surface area contributed by atoms with Crippen LogP contribution in [0.1, 0.15) is 22.8 Å². The van der Waals surface area contributed by atoms with E-state index in [-0.39, 0.29) is 11.3 Å². The first-order valence-electron chi connectivity index (χ1n) is 6.99. The van der Waals surface area contributed by atoms with Crippen LogP contribution >= 0.6 is 11.6 Å². The quantitative estimate of drug-likeness (QED) is 0.531. The molecule has 116 valence electrons. The van der Waals surface area contributed by atoms with Gasteiger partial charge < -0.3 is 9.15 Å². The smallest absolute Gasteiger partial charge is 0.347 e. The molecule has 0 N–H and O–H groups in total. The highest BCUT2D eigenvalue weighted by atomic mass is 35.5. The zero-order valence-corrected chi connectivity index (χ0v) is 13.1. The molecule has 0 radical (unpaired) electrons. The Hall–Kier alpha value is -2.59. The largest absolute Gasteiger partial charge is 0.489 e. The average Bonchev–Trinajstić information content (AvgIpc) is 2.53. The Morgan fingerprint density at radius 3 is 2.70 bits per heavy atom. The predicted molar refractivity (Wildman–Crippen MR) is 88.3 cm³/mol. The Morgan fingerprint density at radius 2 is 1.96 bits per heavy atom. The SMILES string of the molecule is CC(=O)c1cc2ccc(OCc3ccccc3Cl)cc2oc1=O. The van der Waals surface area contributed by atoms with Gasteiger partial charge in [-0.25, -0.2) is 4.79 Å². The Kier molecular flexibility index (Phi) is 4.17. The molecular weight excluding hydrogens is 316 g/mol. The third-order valence-electron chi connectivity index (χ3n) is 3.44. The molecule has 1 aromatic heterocycles. The van der Waals surface area contributed by atoms with Crippen LogP contribution < -0.4 is 10.4 Å². The number of benzene rings is 2. The van der Waals surface area contributed by atoms with Crippen LogP contribution in [-0.4, -0.2) is 5.78 Å². The Balaban J connectivity index is 1.88. The number of Topliss-reactive ketones (excluding diaryl/α,β-unsaturated/α-hetero) is 1. The Morgan fingerprint density at radius 1 is 1.17 bits per heavy atom. The van der Waals surface area contributed by atoms with Crippen molar-refractivity contribution in [2.24, 2.45) is 0 Å². The standard InChI is InChI=1S/C18H13ClO4/c1-11(20)15-8-12-6-7-14(9-17(12)23-18(15)21)22-10-13-4-2-3-5-16(13)19/h2-9H,10H2,1H3. The summed E-state index contributed by atoms with van der Waals surface area (Å²) in [6.07, 6.45) is 0. The van der Waals surface area contributed by atoms with E-state index in [0.29, 0.717) is 28.3 Å². The molecule has 0 aliphatic rings. The lowest BCUT2D eigenvalue weighted by Gasteiger charge is -2.08. The van der Waals surface area contributed by atoms with E-state index in [1.165, 1.54) is 13.0 Å². The number of fused-ring (bicyclic) bond motifs is 1. The van der Waals surface area contributed by atoms with Gasteiger partial charge >= 0.3 is 5.63 Å². The van der Waals surface area contributed by atoms with E-state index in [0.717, 1.165) is 5.56 Å². The van der Waals surface area contributed by atoms with Crippen molar-refractivity contribution in [1.82, 2.24) is 0 Å². The highest BCUT2D eigenvalue weighted by Gasteiger charge is 2.10. The van der Waals surface area contributed by atoms with E-state index < -0.39 is 5.63 Å². The van der Waals surface area contributed by atoms with Gasteiger partial charge in [0.25, 0.3) is 0 Å². The van der Waals surface area contributed by atoms with E-state index in [1.54, 1.807) is 24.3 Å². The number of carbonyl (C=O) groups excluding carboxylic acids is 1. The Bertz CT molecular complexity index is 943. The predicted octanol–water partition coefficient (Wildman–Crippen LogP) is 4.23. The van der Waals surface area contributed by atoms with Gasteiger partial charge in [0.2, 0.25) is 0 Å². The van der Waals surface area contributed by atoms with Crippen LogP contribution in [0.2, 0.25) is 5.02 Å². The van der Waals surface area contributed by atoms with Crippen molar-refractivity contribution in [3.05, 3.63) is 75.1 Å². The molecule has 0 spiro atoms. The van der Waals surface area contributed by atoms with Crippen LogP contribution in [0.5, 0.6) is 5.75 Å². The molecule has 23 heavy (non-hydrogen) atoms. The lowest BCUT2D eigenvalue weighted by Crippen LogP contribution is -2.10. The molecular formula is C18H13ClO4. The number of rotatable bonds is 4. The minimum absolute atomic E-state index is 0.0437. The fraction of sp³-hybridized carbons (Fsp3) is 0.111. The van der Waals surface area contributed by atoms with Gasteiger partial charge in [0.15, 0.2) is 5.78 Å². The minimum Gasteiger partial charge on any atom is -0.489 e. The van der Waals surface area contributed by atoms with Crippen LogP contribution in [0.15, 0.2) is 57.7 Å². The summed E-state index contributed by atoms with van der Waals surface area (Å²) in [5, 5.41) is 1.30. The first-order chi connectivity index (χ1) is 11.0. The third-order valence-corrected chi connectivity index (χ3v) is 3.81. The second kappa shape index (κ2) is 6.26. The normalized spacial score (nSPS) is 10.7. The molecule has 0 fully saturated rings. The maximum atomic E-state index is 11.8. The van der Waals surface area contributed by atoms with Gasteiger partial charge in [-0.15, -0.1) is 0 Å². The summed E-state index contributed by atoms with van der Waals surface area (Å²) in [5.74, 6) is 0.232. The molecule has 1 heterocycles. The molecule has 4 nitrogen and oxygen atoms in total. The van der Waals surface area contributed by atoms with Gasteiger partial charge in [-0.2, -0.15) is 0 Å². The highest BCUT2D eigenvalue weighted by Crippen LogP contribution is 2.23. The summed E-state index contributed by atoms with van der Waals surface area (Å²) < 4.78 is 10.9. The summed E-state index contributed by atoms with van der Waals surface area (Å²) in [6.45, 7) is 1.64.